The van der Waals surface area contributed by atoms with E-state index in [1.807, 2.05) is 37.3 Å². The van der Waals surface area contributed by atoms with Gasteiger partial charge in [0.25, 0.3) is 0 Å². The number of likely N-dealkylation sites (N-methyl/N-ethyl adjacent to an activating group) is 1. The second-order valence-corrected chi connectivity index (χ2v) is 7.50. The lowest BCUT2D eigenvalue weighted by molar-refractivity contribution is -0.123. The summed E-state index contributed by atoms with van der Waals surface area (Å²) < 4.78 is 5.19. The fourth-order valence-corrected chi connectivity index (χ4v) is 3.00. The second kappa shape index (κ2) is 10.6. The molecule has 0 spiro atoms. The number of rotatable bonds is 9. The molecule has 2 N–H and O–H groups in total. The van der Waals surface area contributed by atoms with Gasteiger partial charge in [-0.25, -0.2) is 4.98 Å². The Morgan fingerprint density at radius 1 is 1.10 bits per heavy atom. The summed E-state index contributed by atoms with van der Waals surface area (Å²) >= 11 is 0. The van der Waals surface area contributed by atoms with E-state index >= 15 is 0 Å². The number of carbonyl (C=O) groups excluding carboxylic acids is 2. The quantitative estimate of drug-likeness (QED) is 0.679. The Morgan fingerprint density at radius 3 is 2.34 bits per heavy atom. The minimum absolute atomic E-state index is 0.0952. The zero-order chi connectivity index (χ0) is 21.4. The van der Waals surface area contributed by atoms with Crippen molar-refractivity contribution in [3.05, 3.63) is 53.7 Å². The molecule has 0 aliphatic rings. The van der Waals surface area contributed by atoms with Crippen LogP contribution in [0.5, 0.6) is 5.75 Å². The highest BCUT2D eigenvalue weighted by molar-refractivity contribution is 5.91. The number of methoxy groups -OCH3 is 1. The number of nitrogens with zero attached hydrogens (tertiary/aromatic N) is 2. The average molecular weight is 399 g/mol. The summed E-state index contributed by atoms with van der Waals surface area (Å²) in [5.74, 6) is 1.15. The summed E-state index contributed by atoms with van der Waals surface area (Å²) in [5, 5.41) is 5.81. The third-order valence-electron chi connectivity index (χ3n) is 4.47. The monoisotopic (exact) mass is 398 g/mol. The zero-order valence-electron chi connectivity index (χ0n) is 17.7. The number of hydrogen-bond donors (Lipinski definition) is 2. The van der Waals surface area contributed by atoms with E-state index in [4.69, 9.17) is 4.74 Å². The van der Waals surface area contributed by atoms with Gasteiger partial charge < -0.3 is 15.4 Å². The van der Waals surface area contributed by atoms with Crippen molar-refractivity contribution in [3.8, 4) is 5.75 Å². The van der Waals surface area contributed by atoms with Gasteiger partial charge >= 0.3 is 0 Å². The lowest BCUT2D eigenvalue weighted by Crippen LogP contribution is -2.41. The molecule has 7 nitrogen and oxygen atoms in total. The van der Waals surface area contributed by atoms with Crippen LogP contribution in [0.25, 0.3) is 0 Å². The lowest BCUT2D eigenvalue weighted by Gasteiger charge is -2.24. The fraction of sp³-hybridized carbons (Fsp3) is 0.409. The molecule has 7 heteroatoms. The van der Waals surface area contributed by atoms with Gasteiger partial charge in [-0.15, -0.1) is 0 Å². The van der Waals surface area contributed by atoms with Crippen LogP contribution >= 0.6 is 0 Å². The predicted octanol–water partition coefficient (Wildman–Crippen LogP) is 2.78. The fourth-order valence-electron chi connectivity index (χ4n) is 3.00. The highest BCUT2D eigenvalue weighted by Gasteiger charge is 2.20. The van der Waals surface area contributed by atoms with Crippen molar-refractivity contribution in [1.82, 2.24) is 15.2 Å². The van der Waals surface area contributed by atoms with Gasteiger partial charge in [-0.1, -0.05) is 26.0 Å². The number of anilines is 1. The van der Waals surface area contributed by atoms with Crippen molar-refractivity contribution in [2.75, 3.05) is 32.6 Å². The van der Waals surface area contributed by atoms with Gasteiger partial charge in [-0.2, -0.15) is 0 Å². The second-order valence-electron chi connectivity index (χ2n) is 7.50. The summed E-state index contributed by atoms with van der Waals surface area (Å²) in [7, 11) is 3.36. The molecule has 1 atom stereocenters. The smallest absolute Gasteiger partial charge is 0.239 e. The molecule has 0 aliphatic carbocycles. The molecule has 1 heterocycles. The molecule has 0 fully saturated rings. The molecule has 2 rings (SSSR count). The number of carbonyl (C=O) groups is 2. The number of aryl methyl sites for hydroxylation is 1. The Morgan fingerprint density at radius 2 is 1.76 bits per heavy atom. The van der Waals surface area contributed by atoms with Crippen LogP contribution in [0.1, 0.15) is 31.0 Å². The standard InChI is InChI=1S/C22H30N4O3/c1-15(2)22(17-6-8-18(29-5)9-7-17)25-21(28)14-26(4)13-20(27)24-19-12-16(3)10-11-23-19/h6-12,15,22H,13-14H2,1-5H3,(H,25,28)(H,23,24,27). The first-order valence-corrected chi connectivity index (χ1v) is 9.63. The molecular weight excluding hydrogens is 368 g/mol. The van der Waals surface area contributed by atoms with Gasteiger partial charge in [-0.3, -0.25) is 14.5 Å². The van der Waals surface area contributed by atoms with E-state index in [1.54, 1.807) is 31.3 Å². The van der Waals surface area contributed by atoms with E-state index in [1.165, 1.54) is 0 Å². The molecule has 0 bridgehead atoms. The Bertz CT molecular complexity index is 821. The zero-order valence-corrected chi connectivity index (χ0v) is 17.7. The molecule has 29 heavy (non-hydrogen) atoms. The summed E-state index contributed by atoms with van der Waals surface area (Å²) in [6, 6.07) is 11.2. The number of aromatic nitrogens is 1. The first-order valence-electron chi connectivity index (χ1n) is 9.63. The number of amides is 2. The van der Waals surface area contributed by atoms with Crippen LogP contribution < -0.4 is 15.4 Å². The minimum Gasteiger partial charge on any atom is -0.497 e. The van der Waals surface area contributed by atoms with Crippen LogP contribution in [0.3, 0.4) is 0 Å². The van der Waals surface area contributed by atoms with Crippen LogP contribution in [0.2, 0.25) is 0 Å². The molecule has 0 aliphatic heterocycles. The number of ether oxygens (including phenoxy) is 1. The van der Waals surface area contributed by atoms with E-state index < -0.39 is 0 Å². The molecule has 1 unspecified atom stereocenters. The van der Waals surface area contributed by atoms with Crippen molar-refractivity contribution in [1.29, 1.82) is 0 Å². The Hall–Kier alpha value is -2.93. The van der Waals surface area contributed by atoms with Crippen LogP contribution in [0.15, 0.2) is 42.6 Å². The Labute approximate surface area is 172 Å². The number of hydrogen-bond acceptors (Lipinski definition) is 5. The molecular formula is C22H30N4O3. The van der Waals surface area contributed by atoms with Crippen molar-refractivity contribution in [3.63, 3.8) is 0 Å². The van der Waals surface area contributed by atoms with Crippen LogP contribution in [-0.4, -0.2) is 48.9 Å². The lowest BCUT2D eigenvalue weighted by atomic mass is 9.96. The highest BCUT2D eigenvalue weighted by atomic mass is 16.5. The van der Waals surface area contributed by atoms with Crippen molar-refractivity contribution in [2.24, 2.45) is 5.92 Å². The number of pyridine rings is 1. The maximum absolute atomic E-state index is 12.5. The minimum atomic E-state index is -0.214. The number of nitrogens with one attached hydrogen (secondary N) is 2. The normalized spacial score (nSPS) is 12.0. The third kappa shape index (κ3) is 7.19. The largest absolute Gasteiger partial charge is 0.497 e. The topological polar surface area (TPSA) is 83.6 Å². The van der Waals surface area contributed by atoms with Crippen LogP contribution in [-0.2, 0) is 9.59 Å². The summed E-state index contributed by atoms with van der Waals surface area (Å²) in [5.41, 5.74) is 2.03. The van der Waals surface area contributed by atoms with Crippen molar-refractivity contribution >= 4 is 17.6 Å². The van der Waals surface area contributed by atoms with Crippen molar-refractivity contribution < 1.29 is 14.3 Å². The molecule has 0 radical (unpaired) electrons. The van der Waals surface area contributed by atoms with Gasteiger partial charge in [0.2, 0.25) is 11.8 Å². The molecule has 1 aromatic heterocycles. The Balaban J connectivity index is 1.88. The molecule has 2 amide bonds. The van der Waals surface area contributed by atoms with E-state index in [0.29, 0.717) is 5.82 Å². The van der Waals surface area contributed by atoms with Crippen LogP contribution in [0.4, 0.5) is 5.82 Å². The summed E-state index contributed by atoms with van der Waals surface area (Å²) in [4.78, 5) is 30.5. The third-order valence-corrected chi connectivity index (χ3v) is 4.47. The Kier molecular flexibility index (Phi) is 8.15. The first kappa shape index (κ1) is 22.4. The van der Waals surface area contributed by atoms with E-state index in [2.05, 4.69) is 29.5 Å². The maximum Gasteiger partial charge on any atom is 0.239 e. The van der Waals surface area contributed by atoms with Gasteiger partial charge in [0.1, 0.15) is 11.6 Å². The average Bonchev–Trinajstić information content (AvgIpc) is 2.65. The molecule has 1 aromatic carbocycles. The molecule has 0 saturated heterocycles. The maximum atomic E-state index is 12.5. The first-order chi connectivity index (χ1) is 13.8. The summed E-state index contributed by atoms with van der Waals surface area (Å²) in [6.45, 7) is 6.26. The van der Waals surface area contributed by atoms with E-state index in [0.717, 1.165) is 16.9 Å². The van der Waals surface area contributed by atoms with Gasteiger partial charge in [0.15, 0.2) is 0 Å². The van der Waals surface area contributed by atoms with Crippen molar-refractivity contribution in [2.45, 2.75) is 26.8 Å². The SMILES string of the molecule is COc1ccc(C(NC(=O)CN(C)CC(=O)Nc2cc(C)ccn2)C(C)C)cc1. The molecule has 0 saturated carbocycles. The van der Waals surface area contributed by atoms with Crippen LogP contribution in [0, 0.1) is 12.8 Å². The molecule has 156 valence electrons. The highest BCUT2D eigenvalue weighted by Crippen LogP contribution is 2.23. The van der Waals surface area contributed by atoms with Gasteiger partial charge in [0, 0.05) is 6.20 Å². The molecule has 2 aromatic rings. The predicted molar refractivity (Wildman–Crippen MR) is 114 cm³/mol. The van der Waals surface area contributed by atoms with E-state index in [9.17, 15) is 9.59 Å². The van der Waals surface area contributed by atoms with E-state index in [-0.39, 0.29) is 36.9 Å². The summed E-state index contributed by atoms with van der Waals surface area (Å²) in [6.07, 6.45) is 1.65. The van der Waals surface area contributed by atoms with Gasteiger partial charge in [0.05, 0.1) is 26.2 Å². The van der Waals surface area contributed by atoms with Gasteiger partial charge in [-0.05, 0) is 55.3 Å². The number of benzene rings is 1.